The number of hydrogen-bond acceptors (Lipinski definition) is 3. The quantitative estimate of drug-likeness (QED) is 0.898. The van der Waals surface area contributed by atoms with E-state index in [2.05, 4.69) is 5.32 Å². The second kappa shape index (κ2) is 5.58. The molecule has 20 heavy (non-hydrogen) atoms. The van der Waals surface area contributed by atoms with E-state index in [1.807, 2.05) is 24.3 Å². The predicted molar refractivity (Wildman–Crippen MR) is 82.2 cm³/mol. The van der Waals surface area contributed by atoms with Gasteiger partial charge in [0.05, 0.1) is 5.60 Å². The maximum atomic E-state index is 12.1. The molecule has 1 aromatic rings. The van der Waals surface area contributed by atoms with Crippen molar-refractivity contribution >= 4 is 29.3 Å². The summed E-state index contributed by atoms with van der Waals surface area (Å²) < 4.78 is 0. The molecule has 1 saturated heterocycles. The van der Waals surface area contributed by atoms with Crippen molar-refractivity contribution in [2.75, 3.05) is 18.1 Å². The van der Waals surface area contributed by atoms with Gasteiger partial charge in [-0.05, 0) is 36.1 Å². The van der Waals surface area contributed by atoms with E-state index in [1.54, 1.807) is 11.8 Å². The number of carbonyl (C=O) groups excluding carboxylic acids is 1. The van der Waals surface area contributed by atoms with Crippen molar-refractivity contribution < 1.29 is 9.90 Å². The SMILES string of the molecule is O=C(NCC1(O)CCSC1)C1CC1c1ccccc1Cl. The monoisotopic (exact) mass is 311 g/mol. The fourth-order valence-corrected chi connectivity index (χ4v) is 4.29. The third-order valence-electron chi connectivity index (χ3n) is 4.11. The molecule has 1 aliphatic heterocycles. The summed E-state index contributed by atoms with van der Waals surface area (Å²) in [5.74, 6) is 1.97. The third-order valence-corrected chi connectivity index (χ3v) is 5.68. The summed E-state index contributed by atoms with van der Waals surface area (Å²) >= 11 is 7.89. The van der Waals surface area contributed by atoms with Crippen molar-refractivity contribution in [3.05, 3.63) is 34.9 Å². The average Bonchev–Trinajstić information content (AvgIpc) is 3.12. The van der Waals surface area contributed by atoms with Crippen molar-refractivity contribution in [1.29, 1.82) is 0 Å². The Morgan fingerprint density at radius 2 is 2.30 bits per heavy atom. The van der Waals surface area contributed by atoms with Gasteiger partial charge in [-0.3, -0.25) is 4.79 Å². The van der Waals surface area contributed by atoms with Crippen LogP contribution in [0.4, 0.5) is 0 Å². The number of benzene rings is 1. The van der Waals surface area contributed by atoms with Crippen LogP contribution in [-0.2, 0) is 4.79 Å². The van der Waals surface area contributed by atoms with Crippen molar-refractivity contribution in [3.8, 4) is 0 Å². The second-order valence-corrected chi connectivity index (χ2v) is 7.23. The predicted octanol–water partition coefficient (Wildman–Crippen LogP) is 2.43. The summed E-state index contributed by atoms with van der Waals surface area (Å²) in [6.45, 7) is 0.366. The minimum atomic E-state index is -0.713. The molecule has 0 aromatic heterocycles. The molecule has 3 rings (SSSR count). The zero-order valence-corrected chi connectivity index (χ0v) is 12.7. The van der Waals surface area contributed by atoms with Crippen LogP contribution in [-0.4, -0.2) is 34.7 Å². The highest BCUT2D eigenvalue weighted by Crippen LogP contribution is 2.49. The normalized spacial score (nSPS) is 32.1. The standard InChI is InChI=1S/C15H18ClNO2S/c16-13-4-2-1-3-10(13)11-7-12(11)14(18)17-8-15(19)5-6-20-9-15/h1-4,11-12,19H,5-9H2,(H,17,18). The summed E-state index contributed by atoms with van der Waals surface area (Å²) in [6, 6.07) is 7.70. The lowest BCUT2D eigenvalue weighted by Gasteiger charge is -2.21. The van der Waals surface area contributed by atoms with Crippen LogP contribution in [0.25, 0.3) is 0 Å². The third kappa shape index (κ3) is 2.97. The molecular formula is C15H18ClNO2S. The lowest BCUT2D eigenvalue weighted by atomic mass is 10.0. The van der Waals surface area contributed by atoms with E-state index < -0.39 is 5.60 Å². The summed E-state index contributed by atoms with van der Waals surface area (Å²) in [4.78, 5) is 12.1. The largest absolute Gasteiger partial charge is 0.387 e. The Kier molecular flexibility index (Phi) is 3.98. The number of aliphatic hydroxyl groups is 1. The molecule has 5 heteroatoms. The maximum Gasteiger partial charge on any atom is 0.223 e. The van der Waals surface area contributed by atoms with Gasteiger partial charge >= 0.3 is 0 Å². The molecule has 2 N–H and O–H groups in total. The Bertz CT molecular complexity index is 516. The number of thioether (sulfide) groups is 1. The minimum absolute atomic E-state index is 0.00700. The van der Waals surface area contributed by atoms with Crippen LogP contribution in [0.1, 0.15) is 24.3 Å². The number of carbonyl (C=O) groups is 1. The summed E-state index contributed by atoms with van der Waals surface area (Å²) in [7, 11) is 0. The van der Waals surface area contributed by atoms with E-state index in [0.29, 0.717) is 12.3 Å². The van der Waals surface area contributed by atoms with Gasteiger partial charge in [0.15, 0.2) is 0 Å². The molecule has 0 bridgehead atoms. The average molecular weight is 312 g/mol. The molecule has 2 fully saturated rings. The fourth-order valence-electron chi connectivity index (χ4n) is 2.72. The first kappa shape index (κ1) is 14.2. The molecule has 3 nitrogen and oxygen atoms in total. The van der Waals surface area contributed by atoms with Crippen molar-refractivity contribution in [2.24, 2.45) is 5.92 Å². The molecule has 1 heterocycles. The van der Waals surface area contributed by atoms with Gasteiger partial charge in [-0.15, -0.1) is 0 Å². The maximum absolute atomic E-state index is 12.1. The smallest absolute Gasteiger partial charge is 0.223 e. The van der Waals surface area contributed by atoms with Crippen LogP contribution in [0, 0.1) is 5.92 Å². The Morgan fingerprint density at radius 3 is 3.00 bits per heavy atom. The van der Waals surface area contributed by atoms with Crippen molar-refractivity contribution in [1.82, 2.24) is 5.32 Å². The van der Waals surface area contributed by atoms with Gasteiger partial charge in [-0.1, -0.05) is 29.8 Å². The highest BCUT2D eigenvalue weighted by Gasteiger charge is 2.45. The van der Waals surface area contributed by atoms with Crippen LogP contribution < -0.4 is 5.32 Å². The van der Waals surface area contributed by atoms with Gasteiger partial charge in [0.25, 0.3) is 0 Å². The number of amides is 1. The lowest BCUT2D eigenvalue weighted by Crippen LogP contribution is -2.43. The Labute approximate surface area is 128 Å². The van der Waals surface area contributed by atoms with Gasteiger partial charge in [-0.2, -0.15) is 11.8 Å². The minimum Gasteiger partial charge on any atom is -0.387 e. The van der Waals surface area contributed by atoms with E-state index in [-0.39, 0.29) is 17.7 Å². The van der Waals surface area contributed by atoms with Gasteiger partial charge in [0, 0.05) is 23.2 Å². The zero-order valence-electron chi connectivity index (χ0n) is 11.1. The topological polar surface area (TPSA) is 49.3 Å². The Balaban J connectivity index is 1.54. The first-order chi connectivity index (χ1) is 9.59. The first-order valence-electron chi connectivity index (χ1n) is 6.91. The van der Waals surface area contributed by atoms with Crippen LogP contribution in [0.15, 0.2) is 24.3 Å². The first-order valence-corrected chi connectivity index (χ1v) is 8.45. The molecule has 1 aromatic carbocycles. The van der Waals surface area contributed by atoms with E-state index >= 15 is 0 Å². The highest BCUT2D eigenvalue weighted by atomic mass is 35.5. The zero-order chi connectivity index (χ0) is 14.2. The van der Waals surface area contributed by atoms with Crippen molar-refractivity contribution in [2.45, 2.75) is 24.4 Å². The molecule has 3 atom stereocenters. The van der Waals surface area contributed by atoms with Gasteiger partial charge in [0.2, 0.25) is 5.91 Å². The van der Waals surface area contributed by atoms with Crippen LogP contribution >= 0.6 is 23.4 Å². The van der Waals surface area contributed by atoms with Gasteiger partial charge < -0.3 is 10.4 Å². The molecule has 0 spiro atoms. The Morgan fingerprint density at radius 1 is 1.50 bits per heavy atom. The highest BCUT2D eigenvalue weighted by molar-refractivity contribution is 7.99. The number of nitrogens with one attached hydrogen (secondary N) is 1. The van der Waals surface area contributed by atoms with E-state index in [1.165, 1.54) is 0 Å². The molecule has 1 amide bonds. The number of rotatable bonds is 4. The molecule has 1 aliphatic carbocycles. The molecule has 1 saturated carbocycles. The molecule has 3 unspecified atom stereocenters. The van der Waals surface area contributed by atoms with Crippen molar-refractivity contribution in [3.63, 3.8) is 0 Å². The molecular weight excluding hydrogens is 294 g/mol. The lowest BCUT2D eigenvalue weighted by molar-refractivity contribution is -0.123. The number of halogens is 1. The summed E-state index contributed by atoms with van der Waals surface area (Å²) in [5.41, 5.74) is 0.346. The summed E-state index contributed by atoms with van der Waals surface area (Å²) in [6.07, 6.45) is 1.61. The van der Waals surface area contributed by atoms with Crippen LogP contribution in [0.2, 0.25) is 5.02 Å². The van der Waals surface area contributed by atoms with Crippen LogP contribution in [0.5, 0.6) is 0 Å². The van der Waals surface area contributed by atoms with Crippen LogP contribution in [0.3, 0.4) is 0 Å². The van der Waals surface area contributed by atoms with Gasteiger partial charge in [-0.25, -0.2) is 0 Å². The molecule has 108 valence electrons. The van der Waals surface area contributed by atoms with E-state index in [4.69, 9.17) is 11.6 Å². The van der Waals surface area contributed by atoms with Gasteiger partial charge in [0.1, 0.15) is 0 Å². The van der Waals surface area contributed by atoms with E-state index in [9.17, 15) is 9.90 Å². The second-order valence-electron chi connectivity index (χ2n) is 5.71. The van der Waals surface area contributed by atoms with E-state index in [0.717, 1.165) is 29.2 Å². The summed E-state index contributed by atoms with van der Waals surface area (Å²) in [5, 5.41) is 13.8. The fraction of sp³-hybridized carbons (Fsp3) is 0.533. The Hall–Kier alpha value is -0.710. The molecule has 2 aliphatic rings. The molecule has 0 radical (unpaired) electrons. The number of hydrogen-bond donors (Lipinski definition) is 2.